The smallest absolute Gasteiger partial charge is 0.232 e. The average molecular weight is 352 g/mol. The van der Waals surface area contributed by atoms with E-state index in [0.29, 0.717) is 28.4 Å². The molecule has 25 heavy (non-hydrogen) atoms. The number of rotatable bonds is 4. The van der Waals surface area contributed by atoms with E-state index in [9.17, 15) is 9.18 Å². The van der Waals surface area contributed by atoms with E-state index in [1.165, 1.54) is 17.4 Å². The van der Waals surface area contributed by atoms with Crippen LogP contribution in [-0.2, 0) is 6.61 Å². The number of allylic oxidation sites excluding steroid dienone is 1. The minimum absolute atomic E-state index is 0.108. The van der Waals surface area contributed by atoms with E-state index < -0.39 is 0 Å². The number of halogens is 1. The van der Waals surface area contributed by atoms with Crippen LogP contribution in [0.3, 0.4) is 0 Å². The SMILES string of the molecule is O=C1/C(=C/c2cccs2)Oc2cc(OCc3ccccc3F)ccc21. The first-order chi connectivity index (χ1) is 12.2. The van der Waals surface area contributed by atoms with Gasteiger partial charge < -0.3 is 9.47 Å². The molecule has 1 aromatic heterocycles. The zero-order chi connectivity index (χ0) is 17.2. The second kappa shape index (κ2) is 6.53. The van der Waals surface area contributed by atoms with Crippen LogP contribution in [0.15, 0.2) is 65.7 Å². The van der Waals surface area contributed by atoms with Gasteiger partial charge in [0.15, 0.2) is 5.76 Å². The summed E-state index contributed by atoms with van der Waals surface area (Å²) in [5, 5.41) is 1.94. The maximum absolute atomic E-state index is 13.6. The van der Waals surface area contributed by atoms with Crippen molar-refractivity contribution in [2.24, 2.45) is 0 Å². The highest BCUT2D eigenvalue weighted by molar-refractivity contribution is 7.10. The summed E-state index contributed by atoms with van der Waals surface area (Å²) in [6.07, 6.45) is 1.73. The van der Waals surface area contributed by atoms with E-state index in [0.717, 1.165) is 4.88 Å². The highest BCUT2D eigenvalue weighted by atomic mass is 32.1. The second-order valence-corrected chi connectivity index (χ2v) is 6.47. The first kappa shape index (κ1) is 15.6. The zero-order valence-corrected chi connectivity index (χ0v) is 13.9. The lowest BCUT2D eigenvalue weighted by atomic mass is 10.1. The molecule has 0 amide bonds. The molecule has 0 spiro atoms. The Morgan fingerprint density at radius 1 is 1.12 bits per heavy atom. The van der Waals surface area contributed by atoms with Crippen molar-refractivity contribution in [1.82, 2.24) is 0 Å². The number of fused-ring (bicyclic) bond motifs is 1. The van der Waals surface area contributed by atoms with Crippen LogP contribution in [0.5, 0.6) is 11.5 Å². The molecule has 0 atom stereocenters. The summed E-state index contributed by atoms with van der Waals surface area (Å²) in [6, 6.07) is 15.3. The summed E-state index contributed by atoms with van der Waals surface area (Å²) in [6.45, 7) is 0.108. The third kappa shape index (κ3) is 3.19. The van der Waals surface area contributed by atoms with E-state index in [1.54, 1.807) is 42.5 Å². The molecule has 1 aliphatic rings. The van der Waals surface area contributed by atoms with Crippen molar-refractivity contribution in [3.63, 3.8) is 0 Å². The minimum Gasteiger partial charge on any atom is -0.489 e. The van der Waals surface area contributed by atoms with E-state index in [2.05, 4.69) is 0 Å². The lowest BCUT2D eigenvalue weighted by Gasteiger charge is -2.08. The Hall–Kier alpha value is -2.92. The third-order valence-electron chi connectivity index (χ3n) is 3.81. The van der Waals surface area contributed by atoms with Gasteiger partial charge in [-0.1, -0.05) is 24.3 Å². The van der Waals surface area contributed by atoms with Gasteiger partial charge >= 0.3 is 0 Å². The molecular weight excluding hydrogens is 339 g/mol. The van der Waals surface area contributed by atoms with Gasteiger partial charge in [0.05, 0.1) is 5.56 Å². The fourth-order valence-corrected chi connectivity index (χ4v) is 3.18. The van der Waals surface area contributed by atoms with Crippen LogP contribution in [-0.4, -0.2) is 5.78 Å². The molecule has 0 saturated carbocycles. The summed E-state index contributed by atoms with van der Waals surface area (Å²) in [5.41, 5.74) is 0.972. The Morgan fingerprint density at radius 3 is 2.80 bits per heavy atom. The van der Waals surface area contributed by atoms with Crippen molar-refractivity contribution in [3.05, 3.63) is 87.6 Å². The molecule has 0 saturated heterocycles. The van der Waals surface area contributed by atoms with Crippen LogP contribution in [0, 0.1) is 5.82 Å². The lowest BCUT2D eigenvalue weighted by Crippen LogP contribution is -1.98. The zero-order valence-electron chi connectivity index (χ0n) is 13.1. The Kier molecular flexibility index (Phi) is 4.07. The number of benzene rings is 2. The quantitative estimate of drug-likeness (QED) is 0.614. The van der Waals surface area contributed by atoms with E-state index in [-0.39, 0.29) is 18.2 Å². The molecule has 4 rings (SSSR count). The van der Waals surface area contributed by atoms with Crippen molar-refractivity contribution in [1.29, 1.82) is 0 Å². The van der Waals surface area contributed by atoms with Crippen LogP contribution in [0.2, 0.25) is 0 Å². The van der Waals surface area contributed by atoms with Gasteiger partial charge in [-0.2, -0.15) is 0 Å². The molecule has 3 aromatic rings. The summed E-state index contributed by atoms with van der Waals surface area (Å²) >= 11 is 1.53. The molecule has 0 radical (unpaired) electrons. The van der Waals surface area contributed by atoms with E-state index >= 15 is 0 Å². The number of Topliss-reactive ketones (excluding diaryl/α,β-unsaturated/α-hetero) is 1. The molecule has 1 aliphatic heterocycles. The number of thiophene rings is 1. The molecule has 2 heterocycles. The first-order valence-electron chi connectivity index (χ1n) is 7.69. The fraction of sp³-hybridized carbons (Fsp3) is 0.0500. The maximum atomic E-state index is 13.6. The highest BCUT2D eigenvalue weighted by Gasteiger charge is 2.27. The third-order valence-corrected chi connectivity index (χ3v) is 4.63. The van der Waals surface area contributed by atoms with Gasteiger partial charge in [-0.15, -0.1) is 11.3 Å². The molecule has 2 aromatic carbocycles. The largest absolute Gasteiger partial charge is 0.489 e. The van der Waals surface area contributed by atoms with Crippen LogP contribution in [0.1, 0.15) is 20.8 Å². The monoisotopic (exact) mass is 352 g/mol. The standard InChI is InChI=1S/C20H13FO3S/c21-17-6-2-1-4-13(17)12-23-14-7-8-16-18(10-14)24-19(20(16)22)11-15-5-3-9-25-15/h1-11H,12H2/b19-11-. The van der Waals surface area contributed by atoms with Crippen molar-refractivity contribution < 1.29 is 18.7 Å². The van der Waals surface area contributed by atoms with Gasteiger partial charge in [-0.3, -0.25) is 4.79 Å². The maximum Gasteiger partial charge on any atom is 0.232 e. The molecule has 124 valence electrons. The van der Waals surface area contributed by atoms with Crippen LogP contribution < -0.4 is 9.47 Å². The van der Waals surface area contributed by atoms with Crippen LogP contribution >= 0.6 is 11.3 Å². The number of ketones is 1. The molecule has 0 N–H and O–H groups in total. The Labute approximate surface area is 148 Å². The Bertz CT molecular complexity index is 961. The van der Waals surface area contributed by atoms with Crippen molar-refractivity contribution >= 4 is 23.2 Å². The summed E-state index contributed by atoms with van der Waals surface area (Å²) in [5.74, 6) is 0.815. The lowest BCUT2D eigenvalue weighted by molar-refractivity contribution is 0.101. The fourth-order valence-electron chi connectivity index (χ4n) is 2.54. The molecule has 5 heteroatoms. The highest BCUT2D eigenvalue weighted by Crippen LogP contribution is 2.35. The van der Waals surface area contributed by atoms with Gasteiger partial charge in [0, 0.05) is 22.6 Å². The topological polar surface area (TPSA) is 35.5 Å². The second-order valence-electron chi connectivity index (χ2n) is 5.49. The molecule has 3 nitrogen and oxygen atoms in total. The normalized spacial score (nSPS) is 14.4. The molecule has 0 fully saturated rings. The van der Waals surface area contributed by atoms with Crippen molar-refractivity contribution in [3.8, 4) is 11.5 Å². The molecule has 0 aliphatic carbocycles. The van der Waals surface area contributed by atoms with Gasteiger partial charge in [0.1, 0.15) is 23.9 Å². The number of hydrogen-bond acceptors (Lipinski definition) is 4. The summed E-state index contributed by atoms with van der Waals surface area (Å²) in [4.78, 5) is 13.3. The van der Waals surface area contributed by atoms with Crippen molar-refractivity contribution in [2.45, 2.75) is 6.61 Å². The summed E-state index contributed by atoms with van der Waals surface area (Å²) < 4.78 is 24.9. The first-order valence-corrected chi connectivity index (χ1v) is 8.57. The number of hydrogen-bond donors (Lipinski definition) is 0. The van der Waals surface area contributed by atoms with Gasteiger partial charge in [0.2, 0.25) is 5.78 Å². The van der Waals surface area contributed by atoms with Crippen LogP contribution in [0.4, 0.5) is 4.39 Å². The summed E-state index contributed by atoms with van der Waals surface area (Å²) in [7, 11) is 0. The van der Waals surface area contributed by atoms with E-state index in [1.807, 2.05) is 17.5 Å². The van der Waals surface area contributed by atoms with Crippen molar-refractivity contribution in [2.75, 3.05) is 0 Å². The predicted octanol–water partition coefficient (Wildman–Crippen LogP) is 5.08. The van der Waals surface area contributed by atoms with Gasteiger partial charge in [0.25, 0.3) is 0 Å². The Balaban J connectivity index is 1.52. The van der Waals surface area contributed by atoms with E-state index in [4.69, 9.17) is 9.47 Å². The van der Waals surface area contributed by atoms with Gasteiger partial charge in [-0.05, 0) is 29.6 Å². The molecular formula is C20H13FO3S. The number of ether oxygens (including phenoxy) is 2. The predicted molar refractivity (Wildman–Crippen MR) is 94.4 cm³/mol. The average Bonchev–Trinajstić information content (AvgIpc) is 3.23. The number of carbonyl (C=O) groups is 1. The van der Waals surface area contributed by atoms with Gasteiger partial charge in [-0.25, -0.2) is 4.39 Å². The number of carbonyl (C=O) groups excluding carboxylic acids is 1. The Morgan fingerprint density at radius 2 is 2.00 bits per heavy atom. The molecule has 0 bridgehead atoms. The molecule has 0 unspecified atom stereocenters. The minimum atomic E-state index is -0.309. The van der Waals surface area contributed by atoms with Crippen LogP contribution in [0.25, 0.3) is 6.08 Å².